The largest absolute Gasteiger partial charge is 0.482 e. The van der Waals surface area contributed by atoms with Gasteiger partial charge < -0.3 is 13.9 Å². The Morgan fingerprint density at radius 3 is 2.43 bits per heavy atom. The Balaban J connectivity index is 2.56. The second-order valence-electron chi connectivity index (χ2n) is 8.68. The molecule has 0 aliphatic rings. The van der Waals surface area contributed by atoms with Gasteiger partial charge in [0.05, 0.1) is 6.61 Å². The lowest BCUT2D eigenvalue weighted by atomic mass is 10.1. The van der Waals surface area contributed by atoms with Gasteiger partial charge in [-0.05, 0) is 61.7 Å². The number of benzene rings is 1. The summed E-state index contributed by atoms with van der Waals surface area (Å²) in [5.74, 6) is 1.96. The fraction of sp³-hybridized carbons (Fsp3) is 0.682. The normalized spacial score (nSPS) is 13.3. The second-order valence-corrected chi connectivity index (χ2v) is 14.6. The molecule has 0 aliphatic heterocycles. The highest BCUT2D eigenvalue weighted by Crippen LogP contribution is 2.37. The van der Waals surface area contributed by atoms with Crippen molar-refractivity contribution in [3.63, 3.8) is 0 Å². The summed E-state index contributed by atoms with van der Waals surface area (Å²) in [5, 5.41) is 0.245. The van der Waals surface area contributed by atoms with Crippen molar-refractivity contribution < 1.29 is 18.7 Å². The van der Waals surface area contributed by atoms with Gasteiger partial charge in [-0.25, -0.2) is 4.79 Å². The first kappa shape index (κ1) is 25.1. The molecule has 0 saturated carbocycles. The smallest absolute Gasteiger partial charge is 0.344 e. The minimum atomic E-state index is -1.70. The average molecular weight is 427 g/mol. The number of rotatable bonds is 11. The van der Waals surface area contributed by atoms with E-state index in [1.54, 1.807) is 6.92 Å². The van der Waals surface area contributed by atoms with Crippen LogP contribution in [0.15, 0.2) is 23.1 Å². The molecule has 0 saturated heterocycles. The number of carbonyl (C=O) groups is 1. The minimum Gasteiger partial charge on any atom is -0.482 e. The predicted octanol–water partition coefficient (Wildman–Crippen LogP) is 6.08. The van der Waals surface area contributed by atoms with Crippen LogP contribution in [0.4, 0.5) is 0 Å². The van der Waals surface area contributed by atoms with E-state index in [1.807, 2.05) is 24.8 Å². The average Bonchev–Trinajstić information content (AvgIpc) is 2.60. The van der Waals surface area contributed by atoms with Gasteiger partial charge in [0.2, 0.25) is 0 Å². The first-order valence-corrected chi connectivity index (χ1v) is 14.0. The molecule has 1 atom stereocenters. The van der Waals surface area contributed by atoms with Crippen LogP contribution < -0.4 is 4.74 Å². The van der Waals surface area contributed by atoms with Gasteiger partial charge in [-0.1, -0.05) is 34.1 Å². The fourth-order valence-electron chi connectivity index (χ4n) is 2.25. The molecular weight excluding hydrogens is 388 g/mol. The highest BCUT2D eigenvalue weighted by atomic mass is 32.2. The molecule has 6 heteroatoms. The molecule has 0 aliphatic carbocycles. The van der Waals surface area contributed by atoms with Crippen molar-refractivity contribution in [3.05, 3.63) is 23.8 Å². The molecule has 1 aromatic carbocycles. The van der Waals surface area contributed by atoms with Gasteiger partial charge in [-0.2, -0.15) is 0 Å². The Bertz CT molecular complexity index is 625. The van der Waals surface area contributed by atoms with E-state index in [9.17, 15) is 4.79 Å². The van der Waals surface area contributed by atoms with E-state index >= 15 is 0 Å². The maximum absolute atomic E-state index is 11.4. The van der Waals surface area contributed by atoms with E-state index in [4.69, 9.17) is 13.9 Å². The minimum absolute atomic E-state index is 0.0517. The van der Waals surface area contributed by atoms with Gasteiger partial charge in [0.1, 0.15) is 5.75 Å². The molecular formula is C22H38O4SSi. The van der Waals surface area contributed by atoms with Crippen LogP contribution in [-0.4, -0.2) is 39.9 Å². The van der Waals surface area contributed by atoms with E-state index in [0.29, 0.717) is 12.5 Å². The summed E-state index contributed by atoms with van der Waals surface area (Å²) in [6, 6.07) is 6.11. The summed E-state index contributed by atoms with van der Waals surface area (Å²) in [6.07, 6.45) is 1.11. The molecule has 1 rings (SSSR count). The molecule has 160 valence electrons. The van der Waals surface area contributed by atoms with E-state index < -0.39 is 8.32 Å². The fourth-order valence-corrected chi connectivity index (χ4v) is 4.52. The molecule has 0 radical (unpaired) electrons. The van der Waals surface area contributed by atoms with Gasteiger partial charge in [-0.15, -0.1) is 11.8 Å². The Labute approximate surface area is 176 Å². The number of ether oxygens (including phenoxy) is 2. The van der Waals surface area contributed by atoms with E-state index in [1.165, 1.54) is 4.90 Å². The predicted molar refractivity (Wildman–Crippen MR) is 121 cm³/mol. The molecule has 0 heterocycles. The molecule has 0 bridgehead atoms. The van der Waals surface area contributed by atoms with Gasteiger partial charge in [0.15, 0.2) is 14.9 Å². The van der Waals surface area contributed by atoms with Crippen LogP contribution in [0.3, 0.4) is 0 Å². The summed E-state index contributed by atoms with van der Waals surface area (Å²) >= 11 is 1.85. The number of hydrogen-bond acceptors (Lipinski definition) is 5. The molecule has 28 heavy (non-hydrogen) atoms. The lowest BCUT2D eigenvalue weighted by molar-refractivity contribution is -0.145. The van der Waals surface area contributed by atoms with Gasteiger partial charge in [0, 0.05) is 17.3 Å². The third kappa shape index (κ3) is 8.17. The Morgan fingerprint density at radius 1 is 1.21 bits per heavy atom. The maximum atomic E-state index is 11.4. The number of aryl methyl sites for hydroxylation is 1. The van der Waals surface area contributed by atoms with Crippen molar-refractivity contribution >= 4 is 26.0 Å². The Kier molecular flexibility index (Phi) is 10.1. The van der Waals surface area contributed by atoms with Crippen molar-refractivity contribution in [3.8, 4) is 5.75 Å². The van der Waals surface area contributed by atoms with Crippen molar-refractivity contribution in [2.45, 2.75) is 71.0 Å². The molecule has 4 nitrogen and oxygen atoms in total. The molecule has 1 aromatic rings. The first-order valence-electron chi connectivity index (χ1n) is 10.2. The quantitative estimate of drug-likeness (QED) is 0.244. The van der Waals surface area contributed by atoms with Crippen LogP contribution in [0.1, 0.15) is 46.6 Å². The van der Waals surface area contributed by atoms with Crippen LogP contribution in [0.5, 0.6) is 5.75 Å². The van der Waals surface area contributed by atoms with Crippen LogP contribution in [0, 0.1) is 12.8 Å². The van der Waals surface area contributed by atoms with E-state index in [-0.39, 0.29) is 17.6 Å². The first-order chi connectivity index (χ1) is 13.0. The van der Waals surface area contributed by atoms with Gasteiger partial charge >= 0.3 is 5.97 Å². The van der Waals surface area contributed by atoms with Crippen LogP contribution >= 0.6 is 11.8 Å². The summed E-state index contributed by atoms with van der Waals surface area (Å²) in [7, 11) is -1.70. The van der Waals surface area contributed by atoms with Crippen molar-refractivity contribution in [2.24, 2.45) is 5.92 Å². The molecule has 0 amide bonds. The van der Waals surface area contributed by atoms with Crippen molar-refractivity contribution in [1.82, 2.24) is 0 Å². The number of esters is 1. The number of hydrogen-bond donors (Lipinski definition) is 0. The Hall–Kier alpha value is -0.983. The standard InChI is InChI=1S/C22H38O4SSi/c1-9-18(14-26-28(7,8)22(4,5)6)16-27-19-11-12-20(17(3)13-19)25-15-21(23)24-10-2/h11-13,18H,9-10,14-16H2,1-8H3/t18-/m1/s1. The third-order valence-electron chi connectivity index (χ3n) is 5.35. The zero-order chi connectivity index (χ0) is 21.4. The van der Waals surface area contributed by atoms with E-state index in [2.05, 4.69) is 52.9 Å². The number of thioether (sulfide) groups is 1. The van der Waals surface area contributed by atoms with Crippen molar-refractivity contribution in [1.29, 1.82) is 0 Å². The summed E-state index contributed by atoms with van der Waals surface area (Å²) in [6.45, 7) is 18.6. The van der Waals surface area contributed by atoms with Gasteiger partial charge in [0.25, 0.3) is 0 Å². The molecule has 0 spiro atoms. The summed E-state index contributed by atoms with van der Waals surface area (Å²) < 4.78 is 16.9. The van der Waals surface area contributed by atoms with Gasteiger partial charge in [-0.3, -0.25) is 0 Å². The summed E-state index contributed by atoms with van der Waals surface area (Å²) in [4.78, 5) is 12.7. The third-order valence-corrected chi connectivity index (χ3v) is 11.1. The zero-order valence-corrected chi connectivity index (χ0v) is 20.7. The summed E-state index contributed by atoms with van der Waals surface area (Å²) in [5.41, 5.74) is 1.03. The zero-order valence-electron chi connectivity index (χ0n) is 18.9. The van der Waals surface area contributed by atoms with Crippen LogP contribution in [0.25, 0.3) is 0 Å². The van der Waals surface area contributed by atoms with Crippen LogP contribution in [-0.2, 0) is 14.0 Å². The van der Waals surface area contributed by atoms with E-state index in [0.717, 1.165) is 30.1 Å². The van der Waals surface area contributed by atoms with Crippen LogP contribution in [0.2, 0.25) is 18.1 Å². The number of carbonyl (C=O) groups excluding carboxylic acids is 1. The topological polar surface area (TPSA) is 44.8 Å². The molecule has 0 fully saturated rings. The second kappa shape index (κ2) is 11.3. The lowest BCUT2D eigenvalue weighted by Gasteiger charge is -2.37. The monoisotopic (exact) mass is 426 g/mol. The SMILES string of the molecule is CCOC(=O)COc1ccc(SC[C@H](CC)CO[Si](C)(C)C(C)(C)C)cc1C. The maximum Gasteiger partial charge on any atom is 0.344 e. The Morgan fingerprint density at radius 2 is 1.89 bits per heavy atom. The molecule has 0 aromatic heterocycles. The van der Waals surface area contributed by atoms with Crippen molar-refractivity contribution in [2.75, 3.05) is 25.6 Å². The molecule has 0 N–H and O–H groups in total. The highest BCUT2D eigenvalue weighted by molar-refractivity contribution is 7.99. The lowest BCUT2D eigenvalue weighted by Crippen LogP contribution is -2.42. The molecule has 0 unspecified atom stereocenters. The highest BCUT2D eigenvalue weighted by Gasteiger charge is 2.37.